The van der Waals surface area contributed by atoms with Gasteiger partial charge in [0, 0.05) is 5.69 Å². The summed E-state index contributed by atoms with van der Waals surface area (Å²) in [6.45, 7) is 3.68. The largest absolute Gasteiger partial charge is 0.508 e. The number of aliphatic carboxylic acids is 1. The third kappa shape index (κ3) is 3.16. The first-order valence-corrected chi connectivity index (χ1v) is 4.79. The van der Waals surface area contributed by atoms with Gasteiger partial charge in [0.25, 0.3) is 0 Å². The van der Waals surface area contributed by atoms with Crippen LogP contribution in [0.1, 0.15) is 13.8 Å². The number of hydrogen-bond donors (Lipinski definition) is 3. The highest BCUT2D eigenvalue weighted by molar-refractivity contribution is 5.77. The van der Waals surface area contributed by atoms with E-state index in [0.29, 0.717) is 5.69 Å². The van der Waals surface area contributed by atoms with Crippen LogP contribution in [0.4, 0.5) is 5.69 Å². The van der Waals surface area contributed by atoms with Crippen LogP contribution in [0.5, 0.6) is 5.75 Å². The Bertz CT molecular complexity index is 332. The lowest BCUT2D eigenvalue weighted by Gasteiger charge is -2.18. The number of aromatic hydroxyl groups is 1. The Morgan fingerprint density at radius 2 is 1.80 bits per heavy atom. The summed E-state index contributed by atoms with van der Waals surface area (Å²) >= 11 is 0. The summed E-state index contributed by atoms with van der Waals surface area (Å²) in [5.74, 6) is -0.716. The molecule has 4 heteroatoms. The molecule has 1 rings (SSSR count). The van der Waals surface area contributed by atoms with Crippen LogP contribution in [-0.2, 0) is 4.79 Å². The van der Waals surface area contributed by atoms with Gasteiger partial charge in [-0.2, -0.15) is 0 Å². The quantitative estimate of drug-likeness (QED) is 0.662. The highest BCUT2D eigenvalue weighted by Gasteiger charge is 2.20. The number of benzene rings is 1. The van der Waals surface area contributed by atoms with E-state index in [2.05, 4.69) is 5.32 Å². The molecule has 0 aromatic heterocycles. The fraction of sp³-hybridized carbons (Fsp3) is 0.364. The fourth-order valence-corrected chi connectivity index (χ4v) is 1.25. The lowest BCUT2D eigenvalue weighted by atomic mass is 10.0. The van der Waals surface area contributed by atoms with Crippen LogP contribution < -0.4 is 5.32 Å². The monoisotopic (exact) mass is 209 g/mol. The minimum absolute atomic E-state index is 0.00342. The Hall–Kier alpha value is -1.71. The summed E-state index contributed by atoms with van der Waals surface area (Å²) in [4.78, 5) is 10.9. The molecule has 0 aliphatic rings. The Morgan fingerprint density at radius 1 is 1.27 bits per heavy atom. The van der Waals surface area contributed by atoms with Crippen molar-refractivity contribution in [2.75, 3.05) is 5.32 Å². The third-order valence-electron chi connectivity index (χ3n) is 2.12. The molecule has 0 aliphatic heterocycles. The van der Waals surface area contributed by atoms with Crippen molar-refractivity contribution in [1.82, 2.24) is 0 Å². The van der Waals surface area contributed by atoms with Crippen molar-refractivity contribution in [1.29, 1.82) is 0 Å². The molecule has 0 bridgehead atoms. The van der Waals surface area contributed by atoms with Gasteiger partial charge in [-0.1, -0.05) is 13.8 Å². The van der Waals surface area contributed by atoms with Crippen LogP contribution in [0, 0.1) is 5.92 Å². The van der Waals surface area contributed by atoms with Crippen molar-refractivity contribution in [3.8, 4) is 5.75 Å². The van der Waals surface area contributed by atoms with Gasteiger partial charge in [0.1, 0.15) is 11.8 Å². The molecule has 0 amide bonds. The molecule has 3 N–H and O–H groups in total. The number of carboxylic acids is 1. The van der Waals surface area contributed by atoms with Crippen molar-refractivity contribution in [3.63, 3.8) is 0 Å². The highest BCUT2D eigenvalue weighted by atomic mass is 16.4. The molecule has 1 atom stereocenters. The number of phenols is 1. The number of carboxylic acid groups (broad SMARTS) is 1. The van der Waals surface area contributed by atoms with Crippen molar-refractivity contribution >= 4 is 11.7 Å². The van der Waals surface area contributed by atoms with E-state index in [9.17, 15) is 4.79 Å². The van der Waals surface area contributed by atoms with Gasteiger partial charge in [-0.3, -0.25) is 0 Å². The maximum Gasteiger partial charge on any atom is 0.326 e. The minimum Gasteiger partial charge on any atom is -0.508 e. The van der Waals surface area contributed by atoms with E-state index >= 15 is 0 Å². The molecule has 1 aromatic carbocycles. The molecule has 15 heavy (non-hydrogen) atoms. The number of hydrogen-bond acceptors (Lipinski definition) is 3. The zero-order valence-corrected chi connectivity index (χ0v) is 8.77. The zero-order chi connectivity index (χ0) is 11.4. The molecule has 0 spiro atoms. The number of anilines is 1. The minimum atomic E-state index is -0.877. The molecule has 0 heterocycles. The third-order valence-corrected chi connectivity index (χ3v) is 2.12. The van der Waals surface area contributed by atoms with Gasteiger partial charge < -0.3 is 15.5 Å². The molecule has 0 saturated heterocycles. The molecular weight excluding hydrogens is 194 g/mol. The van der Waals surface area contributed by atoms with Gasteiger partial charge in [-0.15, -0.1) is 0 Å². The predicted octanol–water partition coefficient (Wildman–Crippen LogP) is 1.91. The Balaban J connectivity index is 2.74. The van der Waals surface area contributed by atoms with Crippen LogP contribution in [-0.4, -0.2) is 22.2 Å². The highest BCUT2D eigenvalue weighted by Crippen LogP contribution is 2.16. The maximum atomic E-state index is 10.9. The summed E-state index contributed by atoms with van der Waals surface area (Å²) in [6.07, 6.45) is 0. The second-order valence-electron chi connectivity index (χ2n) is 3.75. The van der Waals surface area contributed by atoms with E-state index in [1.807, 2.05) is 13.8 Å². The van der Waals surface area contributed by atoms with E-state index < -0.39 is 12.0 Å². The normalized spacial score (nSPS) is 12.5. The van der Waals surface area contributed by atoms with Crippen LogP contribution in [0.25, 0.3) is 0 Å². The lowest BCUT2D eigenvalue weighted by molar-refractivity contribution is -0.138. The van der Waals surface area contributed by atoms with Crippen molar-refractivity contribution < 1.29 is 15.0 Å². The van der Waals surface area contributed by atoms with Gasteiger partial charge in [-0.05, 0) is 30.2 Å². The number of nitrogens with one attached hydrogen (secondary N) is 1. The van der Waals surface area contributed by atoms with Crippen molar-refractivity contribution in [3.05, 3.63) is 24.3 Å². The first kappa shape index (κ1) is 11.4. The Labute approximate surface area is 88.6 Å². The van der Waals surface area contributed by atoms with E-state index in [1.165, 1.54) is 12.1 Å². The molecule has 0 fully saturated rings. The SMILES string of the molecule is CC(C)[C@H](Nc1ccc(O)cc1)C(=O)O. The van der Waals surface area contributed by atoms with Crippen molar-refractivity contribution in [2.45, 2.75) is 19.9 Å². The molecule has 0 unspecified atom stereocenters. The molecule has 4 nitrogen and oxygen atoms in total. The van der Waals surface area contributed by atoms with Crippen LogP contribution >= 0.6 is 0 Å². The van der Waals surface area contributed by atoms with E-state index in [0.717, 1.165) is 0 Å². The number of phenolic OH excluding ortho intramolecular Hbond substituents is 1. The fourth-order valence-electron chi connectivity index (χ4n) is 1.25. The van der Waals surface area contributed by atoms with Crippen molar-refractivity contribution in [2.24, 2.45) is 5.92 Å². The maximum absolute atomic E-state index is 10.9. The summed E-state index contributed by atoms with van der Waals surface area (Å²) in [5.41, 5.74) is 0.689. The smallest absolute Gasteiger partial charge is 0.326 e. The average molecular weight is 209 g/mol. The molecule has 0 aliphatic carbocycles. The Kier molecular flexibility index (Phi) is 3.55. The molecule has 0 saturated carbocycles. The van der Waals surface area contributed by atoms with Gasteiger partial charge in [-0.25, -0.2) is 4.79 Å². The molecule has 0 radical (unpaired) electrons. The van der Waals surface area contributed by atoms with Gasteiger partial charge in [0.05, 0.1) is 0 Å². The van der Waals surface area contributed by atoms with Gasteiger partial charge in [0.2, 0.25) is 0 Å². The molecular formula is C11H15NO3. The second kappa shape index (κ2) is 4.68. The number of carbonyl (C=O) groups is 1. The second-order valence-corrected chi connectivity index (χ2v) is 3.75. The first-order chi connectivity index (χ1) is 7.00. The Morgan fingerprint density at radius 3 is 2.20 bits per heavy atom. The number of rotatable bonds is 4. The van der Waals surface area contributed by atoms with E-state index in [-0.39, 0.29) is 11.7 Å². The standard InChI is InChI=1S/C11H15NO3/c1-7(2)10(11(14)15)12-8-3-5-9(13)6-4-8/h3-7,10,12-13H,1-2H3,(H,14,15)/t10-/m0/s1. The molecule has 82 valence electrons. The zero-order valence-electron chi connectivity index (χ0n) is 8.77. The summed E-state index contributed by atoms with van der Waals surface area (Å²) < 4.78 is 0. The van der Waals surface area contributed by atoms with Crippen LogP contribution in [0.15, 0.2) is 24.3 Å². The summed E-state index contributed by atoms with van der Waals surface area (Å²) in [7, 11) is 0. The lowest BCUT2D eigenvalue weighted by Crippen LogP contribution is -2.34. The predicted molar refractivity (Wildman–Crippen MR) is 58.0 cm³/mol. The van der Waals surface area contributed by atoms with E-state index in [4.69, 9.17) is 10.2 Å². The van der Waals surface area contributed by atoms with Gasteiger partial charge >= 0.3 is 5.97 Å². The first-order valence-electron chi connectivity index (χ1n) is 4.79. The van der Waals surface area contributed by atoms with Crippen LogP contribution in [0.2, 0.25) is 0 Å². The van der Waals surface area contributed by atoms with Gasteiger partial charge in [0.15, 0.2) is 0 Å². The average Bonchev–Trinajstić information content (AvgIpc) is 2.15. The summed E-state index contributed by atoms with van der Waals surface area (Å²) in [6, 6.07) is 5.71. The molecule has 1 aromatic rings. The van der Waals surface area contributed by atoms with E-state index in [1.54, 1.807) is 12.1 Å². The summed E-state index contributed by atoms with van der Waals surface area (Å²) in [5, 5.41) is 20.9. The topological polar surface area (TPSA) is 69.6 Å². The van der Waals surface area contributed by atoms with Crippen LogP contribution in [0.3, 0.4) is 0 Å².